The van der Waals surface area contributed by atoms with E-state index in [0.717, 1.165) is 57.8 Å². The van der Waals surface area contributed by atoms with Gasteiger partial charge < -0.3 is 9.84 Å². The summed E-state index contributed by atoms with van der Waals surface area (Å²) in [6, 6.07) is 0. The zero-order valence-electron chi connectivity index (χ0n) is 12.6. The second-order valence-electron chi connectivity index (χ2n) is 7.07. The van der Waals surface area contributed by atoms with Crippen LogP contribution in [0, 0.1) is 5.41 Å². The van der Waals surface area contributed by atoms with Crippen LogP contribution in [0.1, 0.15) is 78.6 Å². The Balaban J connectivity index is 2.21. The lowest BCUT2D eigenvalue weighted by Gasteiger charge is -2.53. The van der Waals surface area contributed by atoms with Crippen molar-refractivity contribution >= 4 is 5.97 Å². The molecule has 0 unspecified atom stereocenters. The van der Waals surface area contributed by atoms with Gasteiger partial charge in [-0.05, 0) is 58.8 Å². The summed E-state index contributed by atoms with van der Waals surface area (Å²) in [6.07, 6.45) is 8.20. The molecule has 110 valence electrons. The van der Waals surface area contributed by atoms with E-state index in [1.165, 1.54) is 0 Å². The predicted molar refractivity (Wildman–Crippen MR) is 74.8 cm³/mol. The van der Waals surface area contributed by atoms with Crippen LogP contribution in [0.15, 0.2) is 0 Å². The molecule has 3 heteroatoms. The minimum absolute atomic E-state index is 0.141. The van der Waals surface area contributed by atoms with Crippen molar-refractivity contribution in [3.05, 3.63) is 0 Å². The molecule has 2 aliphatic rings. The lowest BCUT2D eigenvalue weighted by atomic mass is 9.63. The number of esters is 1. The maximum atomic E-state index is 12.4. The Hall–Kier alpha value is -0.570. The van der Waals surface area contributed by atoms with Crippen LogP contribution in [-0.2, 0) is 9.53 Å². The van der Waals surface area contributed by atoms with Gasteiger partial charge in [0.25, 0.3) is 0 Å². The van der Waals surface area contributed by atoms with Gasteiger partial charge in [0, 0.05) is 0 Å². The molecule has 0 heterocycles. The summed E-state index contributed by atoms with van der Waals surface area (Å²) in [5, 5.41) is 11.0. The number of ether oxygens (including phenoxy) is 1. The van der Waals surface area contributed by atoms with Gasteiger partial charge in [-0.15, -0.1) is 0 Å². The highest BCUT2D eigenvalue weighted by Crippen LogP contribution is 2.50. The Morgan fingerprint density at radius 1 is 1.11 bits per heavy atom. The van der Waals surface area contributed by atoms with Gasteiger partial charge in [-0.3, -0.25) is 4.79 Å². The van der Waals surface area contributed by atoms with Gasteiger partial charge >= 0.3 is 5.97 Å². The number of fused-ring (bicyclic) bond motifs is 1. The van der Waals surface area contributed by atoms with E-state index in [9.17, 15) is 9.90 Å². The van der Waals surface area contributed by atoms with Gasteiger partial charge in [-0.25, -0.2) is 0 Å². The molecular formula is C16H28O3. The van der Waals surface area contributed by atoms with E-state index in [4.69, 9.17) is 4.74 Å². The summed E-state index contributed by atoms with van der Waals surface area (Å²) in [7, 11) is 0. The van der Waals surface area contributed by atoms with Crippen LogP contribution < -0.4 is 0 Å². The van der Waals surface area contributed by atoms with E-state index in [-0.39, 0.29) is 5.97 Å². The average Bonchev–Trinajstić information content (AvgIpc) is 2.38. The molecule has 0 amide bonds. The summed E-state index contributed by atoms with van der Waals surface area (Å²) in [5.74, 6) is -0.141. The van der Waals surface area contributed by atoms with Crippen molar-refractivity contribution in [2.24, 2.45) is 5.41 Å². The predicted octanol–water partition coefficient (Wildman–Crippen LogP) is 3.58. The number of aliphatic hydroxyl groups is 1. The molecule has 0 spiro atoms. The third kappa shape index (κ3) is 2.54. The first-order chi connectivity index (χ1) is 8.85. The first kappa shape index (κ1) is 14.8. The van der Waals surface area contributed by atoms with Crippen molar-refractivity contribution in [3.8, 4) is 0 Å². The third-order valence-corrected chi connectivity index (χ3v) is 5.41. The molecule has 3 nitrogen and oxygen atoms in total. The van der Waals surface area contributed by atoms with E-state index >= 15 is 0 Å². The minimum Gasteiger partial charge on any atom is -0.456 e. The SMILES string of the molecule is CCC(C)(C)C(=O)OC12CCCCC1(O)CCCC2. The zero-order chi connectivity index (χ0) is 14.1. The normalized spacial score (nSPS) is 35.6. The molecule has 0 aromatic rings. The number of carbonyl (C=O) groups is 1. The Kier molecular flexibility index (Phi) is 3.97. The van der Waals surface area contributed by atoms with Gasteiger partial charge in [0.2, 0.25) is 0 Å². The number of hydrogen-bond acceptors (Lipinski definition) is 3. The van der Waals surface area contributed by atoms with E-state index < -0.39 is 16.6 Å². The molecule has 2 aliphatic carbocycles. The van der Waals surface area contributed by atoms with Crippen LogP contribution in [0.2, 0.25) is 0 Å². The molecule has 0 aromatic carbocycles. The largest absolute Gasteiger partial charge is 0.456 e. The standard InChI is InChI=1S/C16H28O3/c1-4-14(2,3)13(17)19-16-11-7-5-9-15(16,18)10-6-8-12-16/h18H,4-12H2,1-3H3. The van der Waals surface area contributed by atoms with Gasteiger partial charge in [0.05, 0.1) is 5.41 Å². The first-order valence-corrected chi connectivity index (χ1v) is 7.81. The van der Waals surface area contributed by atoms with E-state index in [1.54, 1.807) is 0 Å². The Morgan fingerprint density at radius 2 is 1.58 bits per heavy atom. The minimum atomic E-state index is -0.775. The third-order valence-electron chi connectivity index (χ3n) is 5.41. The lowest BCUT2D eigenvalue weighted by molar-refractivity contribution is -0.229. The Bertz CT molecular complexity index is 334. The Labute approximate surface area is 116 Å². The van der Waals surface area contributed by atoms with Crippen LogP contribution in [0.3, 0.4) is 0 Å². The van der Waals surface area contributed by atoms with Gasteiger partial charge in [-0.1, -0.05) is 19.8 Å². The smallest absolute Gasteiger partial charge is 0.312 e. The molecule has 0 aliphatic heterocycles. The average molecular weight is 268 g/mol. The van der Waals surface area contributed by atoms with Crippen LogP contribution in [0.5, 0.6) is 0 Å². The molecule has 2 fully saturated rings. The molecule has 0 saturated heterocycles. The van der Waals surface area contributed by atoms with Crippen molar-refractivity contribution in [2.75, 3.05) is 0 Å². The van der Waals surface area contributed by atoms with Gasteiger partial charge in [0.15, 0.2) is 0 Å². The monoisotopic (exact) mass is 268 g/mol. The molecule has 19 heavy (non-hydrogen) atoms. The summed E-state index contributed by atoms with van der Waals surface area (Å²) in [6.45, 7) is 5.86. The maximum absolute atomic E-state index is 12.4. The van der Waals surface area contributed by atoms with E-state index in [0.29, 0.717) is 0 Å². The quantitative estimate of drug-likeness (QED) is 0.796. The van der Waals surface area contributed by atoms with Crippen LogP contribution in [0.25, 0.3) is 0 Å². The summed E-state index contributed by atoms with van der Waals surface area (Å²) < 4.78 is 5.95. The number of carbonyl (C=O) groups excluding carboxylic acids is 1. The van der Waals surface area contributed by atoms with Crippen molar-refractivity contribution in [2.45, 2.75) is 89.8 Å². The summed E-state index contributed by atoms with van der Waals surface area (Å²) in [4.78, 5) is 12.4. The molecule has 0 atom stereocenters. The highest BCUT2D eigenvalue weighted by molar-refractivity contribution is 5.76. The molecule has 1 N–H and O–H groups in total. The van der Waals surface area contributed by atoms with Crippen molar-refractivity contribution < 1.29 is 14.6 Å². The highest BCUT2D eigenvalue weighted by atomic mass is 16.6. The number of rotatable bonds is 3. The van der Waals surface area contributed by atoms with Gasteiger partial charge in [-0.2, -0.15) is 0 Å². The molecular weight excluding hydrogens is 240 g/mol. The second-order valence-corrected chi connectivity index (χ2v) is 7.07. The topological polar surface area (TPSA) is 46.5 Å². The fourth-order valence-corrected chi connectivity index (χ4v) is 3.48. The fourth-order valence-electron chi connectivity index (χ4n) is 3.48. The zero-order valence-corrected chi connectivity index (χ0v) is 12.6. The van der Waals surface area contributed by atoms with E-state index in [1.807, 2.05) is 20.8 Å². The van der Waals surface area contributed by atoms with Crippen LogP contribution >= 0.6 is 0 Å². The highest BCUT2D eigenvalue weighted by Gasteiger charge is 2.56. The van der Waals surface area contributed by atoms with Gasteiger partial charge in [0.1, 0.15) is 11.2 Å². The van der Waals surface area contributed by atoms with Crippen molar-refractivity contribution in [1.29, 1.82) is 0 Å². The second kappa shape index (κ2) is 5.08. The maximum Gasteiger partial charge on any atom is 0.312 e. The van der Waals surface area contributed by atoms with Crippen molar-refractivity contribution in [1.82, 2.24) is 0 Å². The lowest BCUT2D eigenvalue weighted by Crippen LogP contribution is -2.61. The summed E-state index contributed by atoms with van der Waals surface area (Å²) in [5.41, 5.74) is -1.83. The fraction of sp³-hybridized carbons (Fsp3) is 0.938. The Morgan fingerprint density at radius 3 is 2.05 bits per heavy atom. The molecule has 0 aromatic heterocycles. The molecule has 2 rings (SSSR count). The van der Waals surface area contributed by atoms with Crippen molar-refractivity contribution in [3.63, 3.8) is 0 Å². The first-order valence-electron chi connectivity index (χ1n) is 7.81. The van der Waals surface area contributed by atoms with E-state index in [2.05, 4.69) is 0 Å². The van der Waals surface area contributed by atoms with Crippen LogP contribution in [-0.4, -0.2) is 22.3 Å². The molecule has 2 saturated carbocycles. The molecule has 0 radical (unpaired) electrons. The molecule has 0 bridgehead atoms. The summed E-state index contributed by atoms with van der Waals surface area (Å²) >= 11 is 0. The van der Waals surface area contributed by atoms with Crippen LogP contribution in [0.4, 0.5) is 0 Å². The number of hydrogen-bond donors (Lipinski definition) is 1.